The van der Waals surface area contributed by atoms with Crippen molar-refractivity contribution in [2.45, 2.75) is 18.8 Å². The minimum atomic E-state index is -5.96. The minimum Gasteiger partial charge on any atom is -0.480 e. The largest absolute Gasteiger partial charge is 0.480 e. The van der Waals surface area contributed by atoms with Gasteiger partial charge in [0.1, 0.15) is 0 Å². The predicted octanol–water partition coefficient (Wildman–Crippen LogP) is 4.29. The smallest absolute Gasteiger partial charge is 0.414 e. The number of carboxylic acids is 1. The molecule has 0 fully saturated rings. The van der Waals surface area contributed by atoms with Crippen molar-refractivity contribution in [3.05, 3.63) is 42.0 Å². The van der Waals surface area contributed by atoms with Gasteiger partial charge in [-0.2, -0.15) is 26.3 Å². The molecular weight excluding hydrogens is 302 g/mol. The molecule has 0 saturated carbocycles. The van der Waals surface area contributed by atoms with Crippen LogP contribution in [0.25, 0.3) is 6.08 Å². The lowest BCUT2D eigenvalue weighted by Gasteiger charge is -2.32. The van der Waals surface area contributed by atoms with Crippen LogP contribution in [0.15, 0.2) is 36.4 Å². The van der Waals surface area contributed by atoms with Gasteiger partial charge >= 0.3 is 18.3 Å². The molecule has 0 aromatic heterocycles. The Balaban J connectivity index is 3.15. The molecule has 0 unspecified atom stereocenters. The molecule has 8 heteroatoms. The van der Waals surface area contributed by atoms with Gasteiger partial charge in [-0.3, -0.25) is 4.79 Å². The Bertz CT molecular complexity index is 502. The van der Waals surface area contributed by atoms with Crippen molar-refractivity contribution in [2.75, 3.05) is 0 Å². The number of benzene rings is 1. The molecule has 0 heterocycles. The highest BCUT2D eigenvalue weighted by atomic mass is 19.4. The van der Waals surface area contributed by atoms with E-state index in [1.54, 1.807) is 6.07 Å². The predicted molar refractivity (Wildman–Crippen MR) is 62.3 cm³/mol. The van der Waals surface area contributed by atoms with Crippen LogP contribution in [0.4, 0.5) is 26.3 Å². The second kappa shape index (κ2) is 5.79. The fourth-order valence-electron chi connectivity index (χ4n) is 1.66. The van der Waals surface area contributed by atoms with Gasteiger partial charge in [0, 0.05) is 0 Å². The molecule has 0 aliphatic heterocycles. The lowest BCUT2D eigenvalue weighted by atomic mass is 9.82. The van der Waals surface area contributed by atoms with Crippen molar-refractivity contribution in [3.63, 3.8) is 0 Å². The molecule has 0 radical (unpaired) electrons. The average Bonchev–Trinajstić information content (AvgIpc) is 2.32. The van der Waals surface area contributed by atoms with Gasteiger partial charge < -0.3 is 5.11 Å². The Morgan fingerprint density at radius 3 is 1.86 bits per heavy atom. The van der Waals surface area contributed by atoms with Gasteiger partial charge in [-0.05, 0) is 12.0 Å². The Morgan fingerprint density at radius 1 is 1.00 bits per heavy atom. The molecule has 21 heavy (non-hydrogen) atoms. The maximum Gasteiger partial charge on any atom is 0.414 e. The maximum absolute atomic E-state index is 12.7. The van der Waals surface area contributed by atoms with Crippen LogP contribution in [0.3, 0.4) is 0 Å². The Kier molecular flexibility index (Phi) is 4.70. The highest BCUT2D eigenvalue weighted by molar-refractivity contribution is 5.77. The molecule has 0 atom stereocenters. The number of carbonyl (C=O) groups is 1. The summed E-state index contributed by atoms with van der Waals surface area (Å²) in [6, 6.07) is 7.61. The summed E-state index contributed by atoms with van der Waals surface area (Å²) in [4.78, 5) is 10.7. The molecule has 1 rings (SSSR count). The fourth-order valence-corrected chi connectivity index (χ4v) is 1.66. The molecule has 2 nitrogen and oxygen atoms in total. The molecule has 0 amide bonds. The van der Waals surface area contributed by atoms with E-state index < -0.39 is 30.2 Å². The lowest BCUT2D eigenvalue weighted by Crippen LogP contribution is -2.55. The molecule has 116 valence electrons. The number of rotatable bonds is 4. The zero-order valence-corrected chi connectivity index (χ0v) is 10.4. The van der Waals surface area contributed by atoms with Crippen LogP contribution in [0, 0.1) is 5.41 Å². The summed E-state index contributed by atoms with van der Waals surface area (Å²) in [5, 5.41) is 8.52. The standard InChI is InChI=1S/C13H10F6O2/c14-12(15,16)11(10(20)21,13(17,18)19)8-4-7-9-5-2-1-3-6-9/h1-7H,8H2,(H,20,21)/b7-4+. The quantitative estimate of drug-likeness (QED) is 0.842. The van der Waals surface area contributed by atoms with Gasteiger partial charge in [-0.25, -0.2) is 0 Å². The van der Waals surface area contributed by atoms with Crippen molar-refractivity contribution in [1.82, 2.24) is 0 Å². The van der Waals surface area contributed by atoms with E-state index in [0.29, 0.717) is 11.6 Å². The highest BCUT2D eigenvalue weighted by Crippen LogP contribution is 2.53. The number of hydrogen-bond acceptors (Lipinski definition) is 1. The normalized spacial score (nSPS) is 13.6. The molecule has 0 spiro atoms. The SMILES string of the molecule is O=C(O)C(C/C=C/c1ccccc1)(C(F)(F)F)C(F)(F)F. The summed E-state index contributed by atoms with van der Waals surface area (Å²) in [6.07, 6.45) is -12.1. The molecule has 1 N–H and O–H groups in total. The number of carboxylic acid groups (broad SMARTS) is 1. The van der Waals surface area contributed by atoms with Crippen LogP contribution in [-0.4, -0.2) is 23.4 Å². The van der Waals surface area contributed by atoms with Crippen LogP contribution < -0.4 is 0 Å². The highest BCUT2D eigenvalue weighted by Gasteiger charge is 2.75. The summed E-state index contributed by atoms with van der Waals surface area (Å²) in [7, 11) is 0. The molecule has 1 aromatic rings. The second-order valence-electron chi connectivity index (χ2n) is 4.22. The van der Waals surface area contributed by atoms with Gasteiger partial charge in [-0.15, -0.1) is 0 Å². The van der Waals surface area contributed by atoms with E-state index in [4.69, 9.17) is 5.11 Å². The number of aliphatic carboxylic acids is 1. The number of halogens is 6. The van der Waals surface area contributed by atoms with Crippen molar-refractivity contribution < 1.29 is 36.2 Å². The third-order valence-corrected chi connectivity index (χ3v) is 2.87. The van der Waals surface area contributed by atoms with E-state index >= 15 is 0 Å². The minimum absolute atomic E-state index is 0.362. The molecule has 0 aliphatic carbocycles. The van der Waals surface area contributed by atoms with Gasteiger partial charge in [0.15, 0.2) is 0 Å². The van der Waals surface area contributed by atoms with Crippen LogP contribution in [0.2, 0.25) is 0 Å². The average molecular weight is 312 g/mol. The van der Waals surface area contributed by atoms with E-state index in [1.165, 1.54) is 24.3 Å². The zero-order chi connectivity index (χ0) is 16.3. The van der Waals surface area contributed by atoms with Crippen molar-refractivity contribution in [2.24, 2.45) is 5.41 Å². The van der Waals surface area contributed by atoms with Crippen molar-refractivity contribution in [1.29, 1.82) is 0 Å². The summed E-state index contributed by atoms with van der Waals surface area (Å²) >= 11 is 0. The van der Waals surface area contributed by atoms with E-state index in [-0.39, 0.29) is 0 Å². The first-order valence-electron chi connectivity index (χ1n) is 5.61. The number of alkyl halides is 6. The van der Waals surface area contributed by atoms with Gasteiger partial charge in [0.05, 0.1) is 0 Å². The summed E-state index contributed by atoms with van der Waals surface area (Å²) < 4.78 is 76.3. The second-order valence-corrected chi connectivity index (χ2v) is 4.22. The number of allylic oxidation sites excluding steroid dienone is 1. The maximum atomic E-state index is 12.7. The van der Waals surface area contributed by atoms with E-state index in [0.717, 1.165) is 6.08 Å². The van der Waals surface area contributed by atoms with Crippen molar-refractivity contribution >= 4 is 12.0 Å². The fraction of sp³-hybridized carbons (Fsp3) is 0.308. The first-order valence-corrected chi connectivity index (χ1v) is 5.61. The third-order valence-electron chi connectivity index (χ3n) is 2.87. The first-order chi connectivity index (χ1) is 9.52. The molecule has 0 aliphatic rings. The Hall–Kier alpha value is -1.99. The monoisotopic (exact) mass is 312 g/mol. The van der Waals surface area contributed by atoms with Crippen LogP contribution in [0.1, 0.15) is 12.0 Å². The summed E-state index contributed by atoms with van der Waals surface area (Å²) in [5.74, 6) is -2.97. The molecule has 0 bridgehead atoms. The van der Waals surface area contributed by atoms with Crippen LogP contribution in [0.5, 0.6) is 0 Å². The van der Waals surface area contributed by atoms with Crippen LogP contribution >= 0.6 is 0 Å². The van der Waals surface area contributed by atoms with Gasteiger partial charge in [-0.1, -0.05) is 42.5 Å². The van der Waals surface area contributed by atoms with E-state index in [1.807, 2.05) is 0 Å². The van der Waals surface area contributed by atoms with Crippen LogP contribution in [-0.2, 0) is 4.79 Å². The number of hydrogen-bond donors (Lipinski definition) is 1. The van der Waals surface area contributed by atoms with Gasteiger partial charge in [0.2, 0.25) is 0 Å². The Morgan fingerprint density at radius 2 is 1.48 bits per heavy atom. The topological polar surface area (TPSA) is 37.3 Å². The van der Waals surface area contributed by atoms with E-state index in [2.05, 4.69) is 0 Å². The van der Waals surface area contributed by atoms with Gasteiger partial charge in [0.25, 0.3) is 5.41 Å². The van der Waals surface area contributed by atoms with E-state index in [9.17, 15) is 31.1 Å². The zero-order valence-electron chi connectivity index (χ0n) is 10.4. The molecular formula is C13H10F6O2. The van der Waals surface area contributed by atoms with Crippen molar-refractivity contribution in [3.8, 4) is 0 Å². The summed E-state index contributed by atoms with van der Waals surface area (Å²) in [5.41, 5.74) is -4.45. The molecule has 1 aromatic carbocycles. The first kappa shape index (κ1) is 17.1. The third kappa shape index (κ3) is 3.37. The molecule has 0 saturated heterocycles. The summed E-state index contributed by atoms with van der Waals surface area (Å²) in [6.45, 7) is 0. The Labute approximate surface area is 115 Å². The lowest BCUT2D eigenvalue weighted by molar-refractivity contribution is -0.329.